The minimum Gasteiger partial charge on any atom is -0.494 e. The van der Waals surface area contributed by atoms with Gasteiger partial charge in [-0.2, -0.15) is 0 Å². The van der Waals surface area contributed by atoms with Gasteiger partial charge in [0.05, 0.1) is 29.7 Å². The Balaban J connectivity index is 1.75. The molecule has 7 nitrogen and oxygen atoms in total. The lowest BCUT2D eigenvalue weighted by molar-refractivity contribution is -0.115. The average Bonchev–Trinajstić information content (AvgIpc) is 3.07. The van der Waals surface area contributed by atoms with Crippen LogP contribution in [0.3, 0.4) is 0 Å². The number of thiazole rings is 1. The van der Waals surface area contributed by atoms with Crippen molar-refractivity contribution in [1.82, 2.24) is 9.97 Å². The first-order chi connectivity index (χ1) is 14.3. The number of benzene rings is 1. The molecule has 0 bridgehead atoms. The van der Waals surface area contributed by atoms with Crippen LogP contribution in [0.15, 0.2) is 29.3 Å². The van der Waals surface area contributed by atoms with Gasteiger partial charge in [-0.15, -0.1) is 0 Å². The van der Waals surface area contributed by atoms with Crippen LogP contribution < -0.4 is 10.1 Å². The number of fused-ring (bicyclic) bond motifs is 1. The van der Waals surface area contributed by atoms with Crippen molar-refractivity contribution in [3.63, 3.8) is 0 Å². The number of anilines is 1. The molecule has 3 aromatic rings. The van der Waals surface area contributed by atoms with Crippen molar-refractivity contribution >= 4 is 51.0 Å². The van der Waals surface area contributed by atoms with E-state index >= 15 is 0 Å². The number of aryl methyl sites for hydroxylation is 2. The summed E-state index contributed by atoms with van der Waals surface area (Å²) in [5, 5.41) is 4.48. The molecule has 3 rings (SSSR count). The Kier molecular flexibility index (Phi) is 6.94. The SMILES string of the molecule is CCOC(=O)c1sc(NC(=O)C(C)Sc2cc(C)c3cccc(OC)c3n2)nc1C. The Morgan fingerprint density at radius 1 is 1.27 bits per heavy atom. The molecule has 1 amide bonds. The number of amides is 1. The molecule has 0 aliphatic heterocycles. The second-order valence-electron chi connectivity index (χ2n) is 6.54. The molecule has 0 saturated heterocycles. The van der Waals surface area contributed by atoms with Crippen molar-refractivity contribution in [1.29, 1.82) is 0 Å². The number of nitrogens with one attached hydrogen (secondary N) is 1. The Hall–Kier alpha value is -2.65. The average molecular weight is 446 g/mol. The highest BCUT2D eigenvalue weighted by atomic mass is 32.2. The molecule has 158 valence electrons. The standard InChI is InChI=1S/C21H23N3O4S2/c1-6-28-20(26)18-12(3)22-21(30-18)24-19(25)13(4)29-16-10-11(2)14-8-7-9-15(27-5)17(14)23-16/h7-10,13H,6H2,1-5H3,(H,22,24,25). The van der Waals surface area contributed by atoms with Gasteiger partial charge in [0, 0.05) is 5.39 Å². The minimum atomic E-state index is -0.430. The van der Waals surface area contributed by atoms with Crippen molar-refractivity contribution in [2.75, 3.05) is 19.0 Å². The van der Waals surface area contributed by atoms with Gasteiger partial charge < -0.3 is 14.8 Å². The van der Waals surface area contributed by atoms with Gasteiger partial charge in [0.15, 0.2) is 5.13 Å². The maximum absolute atomic E-state index is 12.7. The zero-order valence-corrected chi connectivity index (χ0v) is 19.1. The third-order valence-corrected chi connectivity index (χ3v) is 6.43. The lowest BCUT2D eigenvalue weighted by Gasteiger charge is -2.13. The second kappa shape index (κ2) is 9.44. The monoisotopic (exact) mass is 445 g/mol. The number of pyridine rings is 1. The summed E-state index contributed by atoms with van der Waals surface area (Å²) < 4.78 is 10.4. The summed E-state index contributed by atoms with van der Waals surface area (Å²) in [6.45, 7) is 7.55. The van der Waals surface area contributed by atoms with E-state index in [4.69, 9.17) is 9.47 Å². The van der Waals surface area contributed by atoms with Crippen molar-refractivity contribution in [2.45, 2.75) is 38.0 Å². The first-order valence-corrected chi connectivity index (χ1v) is 11.1. The summed E-state index contributed by atoms with van der Waals surface area (Å²) in [5.74, 6) is 0.0452. The molecule has 0 aliphatic carbocycles. The predicted molar refractivity (Wildman–Crippen MR) is 120 cm³/mol. The molecule has 1 N–H and O–H groups in total. The molecule has 30 heavy (non-hydrogen) atoms. The number of carbonyl (C=O) groups is 2. The number of hydrogen-bond donors (Lipinski definition) is 1. The van der Waals surface area contributed by atoms with Crippen molar-refractivity contribution < 1.29 is 19.1 Å². The van der Waals surface area contributed by atoms with Crippen LogP contribution in [0.25, 0.3) is 10.9 Å². The third-order valence-electron chi connectivity index (χ3n) is 4.36. The number of ether oxygens (including phenoxy) is 2. The molecular formula is C21H23N3O4S2. The summed E-state index contributed by atoms with van der Waals surface area (Å²) in [6.07, 6.45) is 0. The number of nitrogens with zero attached hydrogens (tertiary/aromatic N) is 2. The summed E-state index contributed by atoms with van der Waals surface area (Å²) in [5.41, 5.74) is 2.36. The summed E-state index contributed by atoms with van der Waals surface area (Å²) >= 11 is 2.46. The smallest absolute Gasteiger partial charge is 0.350 e. The summed E-state index contributed by atoms with van der Waals surface area (Å²) in [6, 6.07) is 7.75. The number of hydrogen-bond acceptors (Lipinski definition) is 8. The molecule has 0 saturated carbocycles. The van der Waals surface area contributed by atoms with Crippen molar-refractivity contribution in [2.24, 2.45) is 0 Å². The van der Waals surface area contributed by atoms with Gasteiger partial charge in [0.2, 0.25) is 5.91 Å². The molecule has 0 aliphatic rings. The van der Waals surface area contributed by atoms with E-state index in [-0.39, 0.29) is 12.5 Å². The molecule has 9 heteroatoms. The highest BCUT2D eigenvalue weighted by Gasteiger charge is 2.21. The van der Waals surface area contributed by atoms with E-state index in [1.54, 1.807) is 27.9 Å². The summed E-state index contributed by atoms with van der Waals surface area (Å²) in [4.78, 5) is 34.0. The Morgan fingerprint density at radius 3 is 2.73 bits per heavy atom. The molecule has 0 spiro atoms. The largest absolute Gasteiger partial charge is 0.494 e. The predicted octanol–water partition coefficient (Wildman–Crippen LogP) is 4.61. The van der Waals surface area contributed by atoms with Crippen LogP contribution in [0.2, 0.25) is 0 Å². The highest BCUT2D eigenvalue weighted by molar-refractivity contribution is 8.00. The van der Waals surface area contributed by atoms with E-state index < -0.39 is 11.2 Å². The molecule has 0 fully saturated rings. The lowest BCUT2D eigenvalue weighted by Crippen LogP contribution is -2.22. The van der Waals surface area contributed by atoms with Crippen LogP contribution in [0.5, 0.6) is 5.75 Å². The van der Waals surface area contributed by atoms with Crippen LogP contribution in [-0.4, -0.2) is 40.8 Å². The first-order valence-electron chi connectivity index (χ1n) is 9.40. The minimum absolute atomic E-state index is 0.219. The molecule has 2 aromatic heterocycles. The molecule has 2 heterocycles. The molecule has 1 aromatic carbocycles. The number of esters is 1. The molecule has 1 atom stereocenters. The van der Waals surface area contributed by atoms with Crippen LogP contribution in [0.1, 0.15) is 34.8 Å². The number of carbonyl (C=O) groups excluding carboxylic acids is 2. The number of aromatic nitrogens is 2. The third kappa shape index (κ3) is 4.73. The van der Waals surface area contributed by atoms with E-state index in [1.807, 2.05) is 31.2 Å². The highest BCUT2D eigenvalue weighted by Crippen LogP contribution is 2.32. The quantitative estimate of drug-likeness (QED) is 0.419. The van der Waals surface area contributed by atoms with Gasteiger partial charge in [-0.3, -0.25) is 4.79 Å². The van der Waals surface area contributed by atoms with Gasteiger partial charge in [0.25, 0.3) is 0 Å². The van der Waals surface area contributed by atoms with Crippen molar-refractivity contribution in [3.8, 4) is 5.75 Å². The van der Waals surface area contributed by atoms with Crippen LogP contribution in [0, 0.1) is 13.8 Å². The van der Waals surface area contributed by atoms with E-state index in [2.05, 4.69) is 15.3 Å². The zero-order chi connectivity index (χ0) is 21.8. The maximum Gasteiger partial charge on any atom is 0.350 e. The van der Waals surface area contributed by atoms with Gasteiger partial charge in [0.1, 0.15) is 16.1 Å². The normalized spacial score (nSPS) is 11.9. The Bertz CT molecular complexity index is 1100. The molecule has 0 radical (unpaired) electrons. The number of para-hydroxylation sites is 1. The van der Waals surface area contributed by atoms with Crippen LogP contribution >= 0.6 is 23.1 Å². The van der Waals surface area contributed by atoms with E-state index in [1.165, 1.54) is 11.8 Å². The fourth-order valence-electron chi connectivity index (χ4n) is 2.86. The van der Waals surface area contributed by atoms with Gasteiger partial charge in [-0.1, -0.05) is 35.2 Å². The fourth-order valence-corrected chi connectivity index (χ4v) is 4.64. The Morgan fingerprint density at radius 2 is 2.03 bits per heavy atom. The first kappa shape index (κ1) is 22.0. The van der Waals surface area contributed by atoms with Crippen LogP contribution in [-0.2, 0) is 9.53 Å². The number of methoxy groups -OCH3 is 1. The fraction of sp³-hybridized carbons (Fsp3) is 0.333. The molecular weight excluding hydrogens is 422 g/mol. The zero-order valence-electron chi connectivity index (χ0n) is 17.4. The summed E-state index contributed by atoms with van der Waals surface area (Å²) in [7, 11) is 1.61. The van der Waals surface area contributed by atoms with Gasteiger partial charge in [-0.25, -0.2) is 14.8 Å². The Labute approximate surface area is 183 Å². The number of thioether (sulfide) groups is 1. The van der Waals surface area contributed by atoms with E-state index in [9.17, 15) is 9.59 Å². The van der Waals surface area contributed by atoms with Gasteiger partial charge >= 0.3 is 5.97 Å². The molecule has 1 unspecified atom stereocenters. The topological polar surface area (TPSA) is 90.4 Å². The van der Waals surface area contributed by atoms with E-state index in [0.717, 1.165) is 32.8 Å². The number of rotatable bonds is 7. The maximum atomic E-state index is 12.7. The van der Waals surface area contributed by atoms with Crippen molar-refractivity contribution in [3.05, 3.63) is 40.4 Å². The van der Waals surface area contributed by atoms with Crippen LogP contribution in [0.4, 0.5) is 5.13 Å². The van der Waals surface area contributed by atoms with E-state index in [0.29, 0.717) is 21.5 Å². The van der Waals surface area contributed by atoms with Gasteiger partial charge in [-0.05, 0) is 45.4 Å². The second-order valence-corrected chi connectivity index (χ2v) is 8.90. The lowest BCUT2D eigenvalue weighted by atomic mass is 10.1.